The Bertz CT molecular complexity index is 540. The van der Waals surface area contributed by atoms with E-state index >= 15 is 0 Å². The lowest BCUT2D eigenvalue weighted by Gasteiger charge is -2.15. The Labute approximate surface area is 126 Å². The number of carbonyl (C=O) groups is 1. The van der Waals surface area contributed by atoms with E-state index in [-0.39, 0.29) is 25.6 Å². The number of anilines is 1. The molecule has 0 aromatic heterocycles. The van der Waals surface area contributed by atoms with Crippen molar-refractivity contribution >= 4 is 25.2 Å². The Balaban J connectivity index is 0.00000200. The van der Waals surface area contributed by atoms with Crippen LogP contribution >= 0.6 is 13.5 Å². The summed E-state index contributed by atoms with van der Waals surface area (Å²) in [5.41, 5.74) is 3.05. The highest BCUT2D eigenvalue weighted by atomic mass is 32.1. The molecule has 20 heavy (non-hydrogen) atoms. The van der Waals surface area contributed by atoms with Gasteiger partial charge in [-0.15, -0.1) is 0 Å². The third-order valence-corrected chi connectivity index (χ3v) is 2.96. The van der Waals surface area contributed by atoms with Gasteiger partial charge in [0, 0.05) is 5.69 Å². The Morgan fingerprint density at radius 3 is 2.20 bits per heavy atom. The standard InChI is InChI=1S/C16H18N2O.H2S/c1-12-8-10-15(11-9-12)18-16(19)17-13(2)14-6-4-3-5-7-14;/h3-11,13H,1-2H3,(H2,17,18,19);1H2/t13-;/m0./s1. The van der Waals surface area contributed by atoms with Gasteiger partial charge in [0.1, 0.15) is 0 Å². The third kappa shape index (κ3) is 4.63. The molecule has 0 aliphatic heterocycles. The van der Waals surface area contributed by atoms with Crippen molar-refractivity contribution < 1.29 is 4.79 Å². The van der Waals surface area contributed by atoms with Crippen molar-refractivity contribution in [2.45, 2.75) is 19.9 Å². The molecular weight excluding hydrogens is 268 g/mol. The maximum Gasteiger partial charge on any atom is 0.319 e. The molecule has 0 heterocycles. The Hall–Kier alpha value is -1.94. The first kappa shape index (κ1) is 16.1. The van der Waals surface area contributed by atoms with Crippen LogP contribution in [-0.2, 0) is 0 Å². The summed E-state index contributed by atoms with van der Waals surface area (Å²) >= 11 is 0. The molecule has 2 aromatic carbocycles. The van der Waals surface area contributed by atoms with E-state index in [0.29, 0.717) is 0 Å². The van der Waals surface area contributed by atoms with E-state index in [0.717, 1.165) is 11.3 Å². The summed E-state index contributed by atoms with van der Waals surface area (Å²) < 4.78 is 0. The number of hydrogen-bond donors (Lipinski definition) is 2. The molecule has 2 amide bonds. The van der Waals surface area contributed by atoms with Crippen LogP contribution in [0.2, 0.25) is 0 Å². The molecule has 0 aliphatic rings. The number of aryl methyl sites for hydroxylation is 1. The number of benzene rings is 2. The fraction of sp³-hybridized carbons (Fsp3) is 0.188. The van der Waals surface area contributed by atoms with Crippen LogP contribution in [0.3, 0.4) is 0 Å². The highest BCUT2D eigenvalue weighted by Gasteiger charge is 2.08. The van der Waals surface area contributed by atoms with E-state index in [9.17, 15) is 4.79 Å². The lowest BCUT2D eigenvalue weighted by Crippen LogP contribution is -2.31. The van der Waals surface area contributed by atoms with Crippen molar-refractivity contribution in [3.05, 3.63) is 65.7 Å². The highest BCUT2D eigenvalue weighted by Crippen LogP contribution is 2.12. The number of nitrogens with one attached hydrogen (secondary N) is 2. The minimum atomic E-state index is -0.194. The number of amides is 2. The minimum Gasteiger partial charge on any atom is -0.331 e. The van der Waals surface area contributed by atoms with Crippen LogP contribution in [0.25, 0.3) is 0 Å². The summed E-state index contributed by atoms with van der Waals surface area (Å²) in [5.74, 6) is 0. The second kappa shape index (κ2) is 7.60. The summed E-state index contributed by atoms with van der Waals surface area (Å²) in [6.07, 6.45) is 0. The molecule has 1 atom stereocenters. The molecule has 0 saturated carbocycles. The fourth-order valence-electron chi connectivity index (χ4n) is 1.83. The number of hydrogen-bond acceptors (Lipinski definition) is 1. The predicted molar refractivity (Wildman–Crippen MR) is 88.6 cm³/mol. The van der Waals surface area contributed by atoms with Gasteiger partial charge in [-0.25, -0.2) is 4.79 Å². The molecule has 2 rings (SSSR count). The molecule has 3 nitrogen and oxygen atoms in total. The Kier molecular flexibility index (Phi) is 6.12. The number of rotatable bonds is 3. The second-order valence-electron chi connectivity index (χ2n) is 4.60. The Morgan fingerprint density at radius 1 is 1.00 bits per heavy atom. The van der Waals surface area contributed by atoms with Gasteiger partial charge in [0.05, 0.1) is 6.04 Å². The zero-order chi connectivity index (χ0) is 13.7. The van der Waals surface area contributed by atoms with E-state index in [1.165, 1.54) is 5.56 Å². The van der Waals surface area contributed by atoms with Gasteiger partial charge >= 0.3 is 6.03 Å². The number of urea groups is 1. The van der Waals surface area contributed by atoms with Crippen LogP contribution in [0.4, 0.5) is 10.5 Å². The molecule has 0 saturated heterocycles. The van der Waals surface area contributed by atoms with Gasteiger partial charge in [-0.1, -0.05) is 48.0 Å². The quantitative estimate of drug-likeness (QED) is 0.881. The first-order valence-corrected chi connectivity index (χ1v) is 6.34. The summed E-state index contributed by atoms with van der Waals surface area (Å²) in [5, 5.41) is 5.73. The van der Waals surface area contributed by atoms with E-state index in [2.05, 4.69) is 10.6 Å². The molecule has 0 aliphatic carbocycles. The summed E-state index contributed by atoms with van der Waals surface area (Å²) in [6.45, 7) is 3.98. The van der Waals surface area contributed by atoms with Crippen molar-refractivity contribution in [3.63, 3.8) is 0 Å². The number of carbonyl (C=O) groups excluding carboxylic acids is 1. The van der Waals surface area contributed by atoms with Gasteiger partial charge in [0.15, 0.2) is 0 Å². The van der Waals surface area contributed by atoms with Crippen LogP contribution in [0.5, 0.6) is 0 Å². The predicted octanol–water partition coefficient (Wildman–Crippen LogP) is 3.99. The zero-order valence-corrected chi connectivity index (χ0v) is 12.7. The molecule has 0 fully saturated rings. The summed E-state index contributed by atoms with van der Waals surface area (Å²) in [7, 11) is 0. The first-order valence-electron chi connectivity index (χ1n) is 6.34. The molecule has 0 radical (unpaired) electrons. The molecule has 0 unspecified atom stereocenters. The molecule has 0 bridgehead atoms. The lowest BCUT2D eigenvalue weighted by molar-refractivity contribution is 0.249. The highest BCUT2D eigenvalue weighted by molar-refractivity contribution is 7.59. The van der Waals surface area contributed by atoms with Crippen molar-refractivity contribution in [3.8, 4) is 0 Å². The molecule has 2 N–H and O–H groups in total. The van der Waals surface area contributed by atoms with Crippen molar-refractivity contribution in [1.82, 2.24) is 5.32 Å². The van der Waals surface area contributed by atoms with E-state index in [1.54, 1.807) is 0 Å². The van der Waals surface area contributed by atoms with Gasteiger partial charge in [0.25, 0.3) is 0 Å². The van der Waals surface area contributed by atoms with Crippen molar-refractivity contribution in [1.29, 1.82) is 0 Å². The molecule has 4 heteroatoms. The smallest absolute Gasteiger partial charge is 0.319 e. The summed E-state index contributed by atoms with van der Waals surface area (Å²) in [6, 6.07) is 17.4. The zero-order valence-electron chi connectivity index (χ0n) is 11.7. The monoisotopic (exact) mass is 288 g/mol. The van der Waals surface area contributed by atoms with Crippen LogP contribution in [-0.4, -0.2) is 6.03 Å². The van der Waals surface area contributed by atoms with Crippen LogP contribution < -0.4 is 10.6 Å². The minimum absolute atomic E-state index is 0. The van der Waals surface area contributed by atoms with Gasteiger partial charge in [0.2, 0.25) is 0 Å². The maximum atomic E-state index is 11.9. The third-order valence-electron chi connectivity index (χ3n) is 2.96. The molecule has 106 valence electrons. The van der Waals surface area contributed by atoms with Crippen LogP contribution in [0.15, 0.2) is 54.6 Å². The van der Waals surface area contributed by atoms with Gasteiger partial charge < -0.3 is 10.6 Å². The fourth-order valence-corrected chi connectivity index (χ4v) is 1.83. The van der Waals surface area contributed by atoms with E-state index in [4.69, 9.17) is 0 Å². The second-order valence-corrected chi connectivity index (χ2v) is 4.60. The average Bonchev–Trinajstić information content (AvgIpc) is 2.42. The van der Waals surface area contributed by atoms with Crippen molar-refractivity contribution in [2.75, 3.05) is 5.32 Å². The molecule has 2 aromatic rings. The van der Waals surface area contributed by atoms with Gasteiger partial charge in [-0.3, -0.25) is 0 Å². The van der Waals surface area contributed by atoms with Crippen LogP contribution in [0.1, 0.15) is 24.1 Å². The molecule has 0 spiro atoms. The van der Waals surface area contributed by atoms with Gasteiger partial charge in [-0.2, -0.15) is 13.5 Å². The topological polar surface area (TPSA) is 41.1 Å². The van der Waals surface area contributed by atoms with Crippen molar-refractivity contribution in [2.24, 2.45) is 0 Å². The van der Waals surface area contributed by atoms with Gasteiger partial charge in [-0.05, 0) is 31.5 Å². The average molecular weight is 288 g/mol. The first-order chi connectivity index (χ1) is 9.15. The maximum absolute atomic E-state index is 11.9. The largest absolute Gasteiger partial charge is 0.331 e. The lowest BCUT2D eigenvalue weighted by atomic mass is 10.1. The normalized spacial score (nSPS) is 11.1. The van der Waals surface area contributed by atoms with E-state index < -0.39 is 0 Å². The summed E-state index contributed by atoms with van der Waals surface area (Å²) in [4.78, 5) is 11.9. The SMILES string of the molecule is Cc1ccc(NC(=O)N[C@@H](C)c2ccccc2)cc1.S. The Morgan fingerprint density at radius 2 is 1.60 bits per heavy atom. The van der Waals surface area contributed by atoms with Crippen LogP contribution in [0, 0.1) is 6.92 Å². The van der Waals surface area contributed by atoms with E-state index in [1.807, 2.05) is 68.4 Å². The molecular formula is C16H20N2OS.